The summed E-state index contributed by atoms with van der Waals surface area (Å²) in [5.74, 6) is -2.46. The predicted octanol–water partition coefficient (Wildman–Crippen LogP) is 3.08. The summed E-state index contributed by atoms with van der Waals surface area (Å²) in [7, 11) is 0. The highest BCUT2D eigenvalue weighted by Crippen LogP contribution is 2.14. The van der Waals surface area contributed by atoms with E-state index < -0.39 is 5.92 Å². The number of halogens is 2. The summed E-state index contributed by atoms with van der Waals surface area (Å²) < 4.78 is 22.9. The maximum Gasteiger partial charge on any atom is 0.245 e. The predicted molar refractivity (Wildman–Crippen MR) is 32.3 cm³/mol. The molecule has 0 radical (unpaired) electrons. The van der Waals surface area contributed by atoms with E-state index in [4.69, 9.17) is 0 Å². The van der Waals surface area contributed by atoms with Gasteiger partial charge in [0.1, 0.15) is 0 Å². The fourth-order valence-electron chi connectivity index (χ4n) is 0. The quantitative estimate of drug-likeness (QED) is 0.504. The molecule has 0 fully saturated rings. The number of alkyl halides is 2. The molecule has 0 amide bonds. The largest absolute Gasteiger partial charge is 0.245 e. The van der Waals surface area contributed by atoms with Crippen molar-refractivity contribution >= 4 is 0 Å². The molecule has 0 rings (SSSR count). The summed E-state index contributed by atoms with van der Waals surface area (Å²) in [6, 6.07) is 0. The Balaban J connectivity index is 0. The van der Waals surface area contributed by atoms with E-state index in [1.54, 1.807) is 0 Å². The molecule has 0 aromatic rings. The molecule has 8 heavy (non-hydrogen) atoms. The van der Waals surface area contributed by atoms with Gasteiger partial charge in [0, 0.05) is 6.42 Å². The van der Waals surface area contributed by atoms with E-state index in [2.05, 4.69) is 0 Å². The van der Waals surface area contributed by atoms with Crippen LogP contribution in [0.15, 0.2) is 0 Å². The molecule has 52 valence electrons. The van der Waals surface area contributed by atoms with Gasteiger partial charge < -0.3 is 0 Å². The maximum atomic E-state index is 11.5. The molecule has 0 aliphatic heterocycles. The van der Waals surface area contributed by atoms with E-state index in [-0.39, 0.29) is 6.42 Å². The zero-order chi connectivity index (χ0) is 7.21. The SMILES string of the molecule is CC.CCC(C)(F)F. The Morgan fingerprint density at radius 3 is 1.38 bits per heavy atom. The first-order valence-corrected chi connectivity index (χ1v) is 2.94. The Morgan fingerprint density at radius 1 is 1.25 bits per heavy atom. The Kier molecular flexibility index (Phi) is 6.74. The van der Waals surface area contributed by atoms with Gasteiger partial charge in [-0.15, -0.1) is 0 Å². The van der Waals surface area contributed by atoms with Crippen molar-refractivity contribution in [2.24, 2.45) is 0 Å². The van der Waals surface area contributed by atoms with Crippen LogP contribution in [0.3, 0.4) is 0 Å². The van der Waals surface area contributed by atoms with Crippen LogP contribution in [0.4, 0.5) is 8.78 Å². The third-order valence-corrected chi connectivity index (χ3v) is 0.621. The van der Waals surface area contributed by atoms with Gasteiger partial charge in [-0.3, -0.25) is 0 Å². The first-order valence-electron chi connectivity index (χ1n) is 2.94. The fraction of sp³-hybridized carbons (Fsp3) is 1.00. The molecule has 0 bridgehead atoms. The summed E-state index contributed by atoms with van der Waals surface area (Å²) in [6.45, 7) is 6.37. The van der Waals surface area contributed by atoms with Gasteiger partial charge in [0.25, 0.3) is 0 Å². The lowest BCUT2D eigenvalue weighted by Crippen LogP contribution is -2.05. The number of rotatable bonds is 1. The monoisotopic (exact) mass is 124 g/mol. The average molecular weight is 124 g/mol. The van der Waals surface area contributed by atoms with Crippen LogP contribution in [-0.2, 0) is 0 Å². The fourth-order valence-corrected chi connectivity index (χ4v) is 0. The molecule has 0 aromatic heterocycles. The lowest BCUT2D eigenvalue weighted by Gasteiger charge is -2.02. The van der Waals surface area contributed by atoms with Crippen LogP contribution < -0.4 is 0 Å². The van der Waals surface area contributed by atoms with E-state index in [1.165, 1.54) is 6.92 Å². The minimum Gasteiger partial charge on any atom is -0.207 e. The molecule has 0 aromatic carbocycles. The van der Waals surface area contributed by atoms with E-state index in [9.17, 15) is 8.78 Å². The van der Waals surface area contributed by atoms with Crippen LogP contribution in [0.1, 0.15) is 34.1 Å². The lowest BCUT2D eigenvalue weighted by molar-refractivity contribution is 0.0181. The van der Waals surface area contributed by atoms with E-state index in [0.29, 0.717) is 0 Å². The van der Waals surface area contributed by atoms with Crippen molar-refractivity contribution in [3.63, 3.8) is 0 Å². The summed E-state index contributed by atoms with van der Waals surface area (Å²) in [4.78, 5) is 0. The Labute approximate surface area is 49.9 Å². The van der Waals surface area contributed by atoms with Crippen molar-refractivity contribution in [3.8, 4) is 0 Å². The molecule has 0 aliphatic rings. The highest BCUT2D eigenvalue weighted by Gasteiger charge is 2.15. The van der Waals surface area contributed by atoms with Gasteiger partial charge in [0.05, 0.1) is 0 Å². The van der Waals surface area contributed by atoms with Gasteiger partial charge >= 0.3 is 0 Å². The zero-order valence-electron chi connectivity index (χ0n) is 5.96. The Hall–Kier alpha value is -0.140. The van der Waals surface area contributed by atoms with Gasteiger partial charge in [0.2, 0.25) is 5.92 Å². The Morgan fingerprint density at radius 2 is 1.38 bits per heavy atom. The first-order chi connectivity index (χ1) is 3.56. The smallest absolute Gasteiger partial charge is 0.207 e. The van der Waals surface area contributed by atoms with Gasteiger partial charge in [-0.25, -0.2) is 8.78 Å². The van der Waals surface area contributed by atoms with Crippen LogP contribution >= 0.6 is 0 Å². The first kappa shape index (κ1) is 10.8. The molecular formula is C6H14F2. The van der Waals surface area contributed by atoms with Crippen molar-refractivity contribution in [2.75, 3.05) is 0 Å². The standard InChI is InChI=1S/C4H8F2.C2H6/c1-3-4(2,5)6;1-2/h3H2,1-2H3;1-2H3. The van der Waals surface area contributed by atoms with Crippen molar-refractivity contribution < 1.29 is 8.78 Å². The highest BCUT2D eigenvalue weighted by atomic mass is 19.3. The maximum absolute atomic E-state index is 11.5. The van der Waals surface area contributed by atoms with Crippen molar-refractivity contribution in [3.05, 3.63) is 0 Å². The third kappa shape index (κ3) is 16.9. The summed E-state index contributed by atoms with van der Waals surface area (Å²) in [5.41, 5.74) is 0. The summed E-state index contributed by atoms with van der Waals surface area (Å²) in [5, 5.41) is 0. The van der Waals surface area contributed by atoms with Crippen LogP contribution in [0, 0.1) is 0 Å². The van der Waals surface area contributed by atoms with Crippen LogP contribution in [0.25, 0.3) is 0 Å². The molecule has 0 heterocycles. The summed E-state index contributed by atoms with van der Waals surface area (Å²) in [6.07, 6.45) is -0.0625. The average Bonchev–Trinajstić information content (AvgIpc) is 1.71. The molecule has 0 nitrogen and oxygen atoms in total. The van der Waals surface area contributed by atoms with E-state index in [1.807, 2.05) is 13.8 Å². The molecule has 0 unspecified atom stereocenters. The highest BCUT2D eigenvalue weighted by molar-refractivity contribution is 4.50. The van der Waals surface area contributed by atoms with Gasteiger partial charge in [0.15, 0.2) is 0 Å². The van der Waals surface area contributed by atoms with Gasteiger partial charge in [-0.2, -0.15) is 0 Å². The van der Waals surface area contributed by atoms with Crippen LogP contribution in [0.2, 0.25) is 0 Å². The Bertz CT molecular complexity index is 36.3. The molecule has 0 saturated carbocycles. The zero-order valence-corrected chi connectivity index (χ0v) is 5.96. The molecule has 0 spiro atoms. The second kappa shape index (κ2) is 5.01. The van der Waals surface area contributed by atoms with Crippen LogP contribution in [-0.4, -0.2) is 5.92 Å². The second-order valence-corrected chi connectivity index (χ2v) is 1.42. The number of hydrogen-bond donors (Lipinski definition) is 0. The molecule has 0 aliphatic carbocycles. The van der Waals surface area contributed by atoms with Crippen LogP contribution in [0.5, 0.6) is 0 Å². The minimum absolute atomic E-state index is 0.0625. The molecule has 0 N–H and O–H groups in total. The van der Waals surface area contributed by atoms with Gasteiger partial charge in [-0.1, -0.05) is 20.8 Å². The molecule has 0 saturated heterocycles. The van der Waals surface area contributed by atoms with E-state index in [0.717, 1.165) is 6.92 Å². The number of hydrogen-bond acceptors (Lipinski definition) is 0. The van der Waals surface area contributed by atoms with E-state index >= 15 is 0 Å². The lowest BCUT2D eigenvalue weighted by atomic mass is 10.3. The van der Waals surface area contributed by atoms with Crippen molar-refractivity contribution in [1.82, 2.24) is 0 Å². The normalized spacial score (nSPS) is 9.75. The topological polar surface area (TPSA) is 0 Å². The molecular weight excluding hydrogens is 110 g/mol. The van der Waals surface area contributed by atoms with Crippen molar-refractivity contribution in [2.45, 2.75) is 40.0 Å². The molecule has 2 heteroatoms. The molecule has 0 atom stereocenters. The second-order valence-electron chi connectivity index (χ2n) is 1.42. The van der Waals surface area contributed by atoms with Crippen molar-refractivity contribution in [1.29, 1.82) is 0 Å². The minimum atomic E-state index is -2.46. The third-order valence-electron chi connectivity index (χ3n) is 0.621. The van der Waals surface area contributed by atoms with Gasteiger partial charge in [-0.05, 0) is 6.92 Å². The summed E-state index contributed by atoms with van der Waals surface area (Å²) >= 11 is 0.